The van der Waals surface area contributed by atoms with Crippen LogP contribution in [0, 0.1) is 0 Å². The van der Waals surface area contributed by atoms with E-state index < -0.39 is 5.97 Å². The Kier molecular flexibility index (Phi) is 3.15. The van der Waals surface area contributed by atoms with Crippen LogP contribution in [0.4, 0.5) is 0 Å². The lowest BCUT2D eigenvalue weighted by Crippen LogP contribution is -1.94. The summed E-state index contributed by atoms with van der Waals surface area (Å²) in [4.78, 5) is 20.4. The Morgan fingerprint density at radius 3 is 2.65 bits per heavy atom. The third-order valence-electron chi connectivity index (χ3n) is 2.93. The normalized spacial score (nSPS) is 10.8. The minimum atomic E-state index is -0.925. The van der Waals surface area contributed by atoms with Gasteiger partial charge in [0, 0.05) is 18.1 Å². The highest BCUT2D eigenvalue weighted by Gasteiger charge is 2.09. The molecule has 3 aromatic rings. The van der Waals surface area contributed by atoms with Crippen LogP contribution < -0.4 is 0 Å². The molecule has 0 aliphatic heterocycles. The molecule has 0 unspecified atom stereocenters. The highest BCUT2D eigenvalue weighted by molar-refractivity contribution is 7.99. The summed E-state index contributed by atoms with van der Waals surface area (Å²) in [5, 5.41) is 9.69. The van der Waals surface area contributed by atoms with Gasteiger partial charge in [-0.2, -0.15) is 0 Å². The van der Waals surface area contributed by atoms with E-state index in [1.165, 1.54) is 11.8 Å². The first-order valence-corrected chi connectivity index (χ1v) is 6.74. The van der Waals surface area contributed by atoms with E-state index in [-0.39, 0.29) is 5.56 Å². The van der Waals surface area contributed by atoms with Gasteiger partial charge in [-0.15, -0.1) is 0 Å². The zero-order valence-electron chi connectivity index (χ0n) is 10.6. The average Bonchev–Trinajstić information content (AvgIpc) is 2.82. The van der Waals surface area contributed by atoms with Gasteiger partial charge in [-0.3, -0.25) is 0 Å². The molecular formula is C14H11N3O2S. The van der Waals surface area contributed by atoms with Crippen molar-refractivity contribution in [2.75, 3.05) is 0 Å². The van der Waals surface area contributed by atoms with E-state index in [2.05, 4.69) is 9.97 Å². The number of aryl methyl sites for hydroxylation is 1. The van der Waals surface area contributed by atoms with Crippen LogP contribution in [0.5, 0.6) is 0 Å². The zero-order chi connectivity index (χ0) is 14.1. The first-order chi connectivity index (χ1) is 9.65. The molecule has 2 aromatic heterocycles. The number of hydrogen-bond acceptors (Lipinski definition) is 4. The smallest absolute Gasteiger partial charge is 0.335 e. The van der Waals surface area contributed by atoms with E-state index >= 15 is 0 Å². The molecule has 0 amide bonds. The summed E-state index contributed by atoms with van der Waals surface area (Å²) < 4.78 is 1.94. The number of aromatic nitrogens is 3. The number of carbonyl (C=O) groups is 1. The van der Waals surface area contributed by atoms with Crippen molar-refractivity contribution in [3.63, 3.8) is 0 Å². The highest BCUT2D eigenvalue weighted by atomic mass is 32.2. The van der Waals surface area contributed by atoms with E-state index in [4.69, 9.17) is 5.11 Å². The van der Waals surface area contributed by atoms with Crippen LogP contribution in [0.15, 0.2) is 52.8 Å². The molecule has 6 heteroatoms. The van der Waals surface area contributed by atoms with E-state index in [1.54, 1.807) is 36.8 Å². The molecule has 0 radical (unpaired) electrons. The molecule has 0 bridgehead atoms. The van der Waals surface area contributed by atoms with Gasteiger partial charge in [0.2, 0.25) is 0 Å². The largest absolute Gasteiger partial charge is 0.478 e. The van der Waals surface area contributed by atoms with Crippen LogP contribution in [0.3, 0.4) is 0 Å². The zero-order valence-corrected chi connectivity index (χ0v) is 11.5. The standard InChI is InChI=1S/C14H11N3O2S/c1-17-8-16-12-11(17)6-7-15-13(12)20-10-4-2-9(3-5-10)14(18)19/h2-8H,1H3,(H,18,19). The minimum absolute atomic E-state index is 0.276. The van der Waals surface area contributed by atoms with Crippen molar-refractivity contribution in [2.24, 2.45) is 7.05 Å². The number of benzene rings is 1. The first-order valence-electron chi connectivity index (χ1n) is 5.92. The number of rotatable bonds is 3. The molecule has 0 spiro atoms. The SMILES string of the molecule is Cn1cnc2c(Sc3ccc(C(=O)O)cc3)nccc21. The predicted octanol–water partition coefficient (Wildman–Crippen LogP) is 2.82. The fourth-order valence-electron chi connectivity index (χ4n) is 1.89. The molecule has 0 saturated heterocycles. The molecule has 5 nitrogen and oxygen atoms in total. The minimum Gasteiger partial charge on any atom is -0.478 e. The molecule has 3 rings (SSSR count). The van der Waals surface area contributed by atoms with Gasteiger partial charge in [-0.25, -0.2) is 14.8 Å². The van der Waals surface area contributed by atoms with Crippen molar-refractivity contribution in [1.29, 1.82) is 0 Å². The molecule has 0 aliphatic carbocycles. The van der Waals surface area contributed by atoms with Crippen LogP contribution >= 0.6 is 11.8 Å². The third-order valence-corrected chi connectivity index (χ3v) is 3.93. The van der Waals surface area contributed by atoms with Crippen molar-refractivity contribution in [3.05, 3.63) is 48.4 Å². The molecule has 1 aromatic carbocycles. The molecule has 100 valence electrons. The van der Waals surface area contributed by atoms with Gasteiger partial charge in [0.15, 0.2) is 0 Å². The van der Waals surface area contributed by atoms with Crippen molar-refractivity contribution < 1.29 is 9.90 Å². The number of carboxylic acids is 1. The van der Waals surface area contributed by atoms with E-state index in [0.29, 0.717) is 0 Å². The Morgan fingerprint density at radius 1 is 1.20 bits per heavy atom. The van der Waals surface area contributed by atoms with Gasteiger partial charge in [-0.1, -0.05) is 11.8 Å². The van der Waals surface area contributed by atoms with Gasteiger partial charge < -0.3 is 9.67 Å². The summed E-state index contributed by atoms with van der Waals surface area (Å²) in [6.45, 7) is 0. The summed E-state index contributed by atoms with van der Waals surface area (Å²) in [6.07, 6.45) is 3.50. The van der Waals surface area contributed by atoms with Crippen molar-refractivity contribution in [3.8, 4) is 0 Å². The molecule has 2 heterocycles. The second kappa shape index (κ2) is 4.97. The van der Waals surface area contributed by atoms with Crippen molar-refractivity contribution >= 4 is 28.8 Å². The van der Waals surface area contributed by atoms with E-state index in [0.717, 1.165) is 21.0 Å². The molecule has 20 heavy (non-hydrogen) atoms. The van der Waals surface area contributed by atoms with Crippen LogP contribution in [0.1, 0.15) is 10.4 Å². The number of fused-ring (bicyclic) bond motifs is 1. The summed E-state index contributed by atoms with van der Waals surface area (Å²) in [6, 6.07) is 8.64. The monoisotopic (exact) mass is 285 g/mol. The topological polar surface area (TPSA) is 68.0 Å². The van der Waals surface area contributed by atoms with E-state index in [1.807, 2.05) is 17.7 Å². The Hall–Kier alpha value is -2.34. The summed E-state index contributed by atoms with van der Waals surface area (Å²) in [5.41, 5.74) is 2.14. The fraction of sp³-hybridized carbons (Fsp3) is 0.0714. The summed E-state index contributed by atoms with van der Waals surface area (Å²) >= 11 is 1.47. The van der Waals surface area contributed by atoms with Gasteiger partial charge in [0.25, 0.3) is 0 Å². The Morgan fingerprint density at radius 2 is 1.95 bits per heavy atom. The van der Waals surface area contributed by atoms with Gasteiger partial charge >= 0.3 is 5.97 Å². The van der Waals surface area contributed by atoms with Gasteiger partial charge in [0.1, 0.15) is 10.5 Å². The lowest BCUT2D eigenvalue weighted by atomic mass is 10.2. The Bertz CT molecular complexity index is 781. The number of hydrogen-bond donors (Lipinski definition) is 1. The number of carboxylic acid groups (broad SMARTS) is 1. The second-order valence-electron chi connectivity index (χ2n) is 4.27. The predicted molar refractivity (Wildman–Crippen MR) is 76.0 cm³/mol. The average molecular weight is 285 g/mol. The Balaban J connectivity index is 1.95. The highest BCUT2D eigenvalue weighted by Crippen LogP contribution is 2.30. The number of aromatic carboxylic acids is 1. The van der Waals surface area contributed by atoms with Gasteiger partial charge in [-0.05, 0) is 30.3 Å². The lowest BCUT2D eigenvalue weighted by Gasteiger charge is -2.03. The Labute approximate surface area is 119 Å². The van der Waals surface area contributed by atoms with Crippen molar-refractivity contribution in [2.45, 2.75) is 9.92 Å². The molecule has 0 atom stereocenters. The summed E-state index contributed by atoms with van der Waals surface area (Å²) in [5.74, 6) is -0.925. The maximum Gasteiger partial charge on any atom is 0.335 e. The number of imidazole rings is 1. The molecule has 0 aliphatic rings. The third kappa shape index (κ3) is 2.25. The fourth-order valence-corrected chi connectivity index (χ4v) is 2.75. The maximum atomic E-state index is 10.8. The quantitative estimate of drug-likeness (QED) is 0.801. The number of pyridine rings is 1. The number of nitrogens with zero attached hydrogens (tertiary/aromatic N) is 3. The van der Waals surface area contributed by atoms with Crippen LogP contribution in [-0.4, -0.2) is 25.6 Å². The van der Waals surface area contributed by atoms with Crippen LogP contribution in [0.25, 0.3) is 11.0 Å². The van der Waals surface area contributed by atoms with Crippen LogP contribution in [0.2, 0.25) is 0 Å². The van der Waals surface area contributed by atoms with Crippen molar-refractivity contribution in [1.82, 2.24) is 14.5 Å². The summed E-state index contributed by atoms with van der Waals surface area (Å²) in [7, 11) is 1.94. The maximum absolute atomic E-state index is 10.8. The molecule has 0 saturated carbocycles. The molecule has 1 N–H and O–H groups in total. The first kappa shape index (κ1) is 12.7. The second-order valence-corrected chi connectivity index (χ2v) is 5.33. The molecular weight excluding hydrogens is 274 g/mol. The van der Waals surface area contributed by atoms with Crippen LogP contribution in [-0.2, 0) is 7.05 Å². The van der Waals surface area contributed by atoms with E-state index in [9.17, 15) is 4.79 Å². The molecule has 0 fully saturated rings. The van der Waals surface area contributed by atoms with Gasteiger partial charge in [0.05, 0.1) is 17.4 Å². The lowest BCUT2D eigenvalue weighted by molar-refractivity contribution is 0.0697.